The van der Waals surface area contributed by atoms with Crippen molar-refractivity contribution in [2.75, 3.05) is 11.4 Å². The quantitative estimate of drug-likeness (QED) is 0.916. The van der Waals surface area contributed by atoms with Gasteiger partial charge in [0.15, 0.2) is 0 Å². The molecule has 0 aliphatic heterocycles. The molecule has 0 atom stereocenters. The maximum atomic E-state index is 11.0. The Balaban J connectivity index is 2.24. The van der Waals surface area contributed by atoms with Crippen molar-refractivity contribution >= 4 is 27.6 Å². The van der Waals surface area contributed by atoms with Crippen LogP contribution in [-0.4, -0.2) is 17.6 Å². The van der Waals surface area contributed by atoms with Gasteiger partial charge in [0, 0.05) is 16.7 Å². The van der Waals surface area contributed by atoms with E-state index >= 15 is 0 Å². The normalized spacial score (nSPS) is 10.2. The van der Waals surface area contributed by atoms with E-state index in [4.69, 9.17) is 5.11 Å². The molecule has 0 radical (unpaired) electrons. The minimum Gasteiger partial charge on any atom is -0.480 e. The van der Waals surface area contributed by atoms with Crippen LogP contribution in [0.3, 0.4) is 0 Å². The van der Waals surface area contributed by atoms with E-state index in [2.05, 4.69) is 15.9 Å². The summed E-state index contributed by atoms with van der Waals surface area (Å²) in [7, 11) is 0. The van der Waals surface area contributed by atoms with Crippen LogP contribution in [0.4, 0.5) is 5.69 Å². The molecule has 0 saturated heterocycles. The van der Waals surface area contributed by atoms with Gasteiger partial charge < -0.3 is 10.0 Å². The molecule has 0 amide bonds. The third-order valence-corrected chi connectivity index (χ3v) is 3.54. The summed E-state index contributed by atoms with van der Waals surface area (Å²) in [5.74, 6) is -0.837. The highest BCUT2D eigenvalue weighted by Gasteiger charge is 2.12. The summed E-state index contributed by atoms with van der Waals surface area (Å²) in [5.41, 5.74) is 1.97. The van der Waals surface area contributed by atoms with Gasteiger partial charge in [0.2, 0.25) is 0 Å². The SMILES string of the molecule is O=C(O)CN(Cc1ccccc1Br)c1ccccc1. The first-order valence-corrected chi connectivity index (χ1v) is 6.71. The van der Waals surface area contributed by atoms with E-state index in [0.29, 0.717) is 6.54 Å². The van der Waals surface area contributed by atoms with Crippen molar-refractivity contribution in [2.45, 2.75) is 6.54 Å². The summed E-state index contributed by atoms with van der Waals surface area (Å²) >= 11 is 3.49. The molecule has 0 aliphatic carbocycles. The number of carboxylic acids is 1. The van der Waals surface area contributed by atoms with Gasteiger partial charge in [-0.3, -0.25) is 4.79 Å². The smallest absolute Gasteiger partial charge is 0.323 e. The predicted molar refractivity (Wildman–Crippen MR) is 79.3 cm³/mol. The first kappa shape index (κ1) is 13.6. The zero-order chi connectivity index (χ0) is 13.7. The lowest BCUT2D eigenvalue weighted by Crippen LogP contribution is -2.29. The number of hydrogen-bond donors (Lipinski definition) is 1. The van der Waals surface area contributed by atoms with Gasteiger partial charge in [-0.25, -0.2) is 0 Å². The average Bonchev–Trinajstić information content (AvgIpc) is 2.41. The van der Waals surface area contributed by atoms with Crippen LogP contribution >= 0.6 is 15.9 Å². The van der Waals surface area contributed by atoms with Crippen molar-refractivity contribution in [3.8, 4) is 0 Å². The van der Waals surface area contributed by atoms with Crippen molar-refractivity contribution in [1.82, 2.24) is 0 Å². The zero-order valence-electron chi connectivity index (χ0n) is 10.3. The van der Waals surface area contributed by atoms with Gasteiger partial charge in [-0.05, 0) is 23.8 Å². The van der Waals surface area contributed by atoms with Gasteiger partial charge in [0.25, 0.3) is 0 Å². The molecule has 2 rings (SSSR count). The Bertz CT molecular complexity index is 557. The van der Waals surface area contributed by atoms with Crippen molar-refractivity contribution in [3.05, 3.63) is 64.6 Å². The molecular formula is C15H14BrNO2. The van der Waals surface area contributed by atoms with E-state index in [-0.39, 0.29) is 6.54 Å². The maximum Gasteiger partial charge on any atom is 0.323 e. The second kappa shape index (κ2) is 6.38. The molecular weight excluding hydrogens is 306 g/mol. The van der Waals surface area contributed by atoms with Crippen LogP contribution in [0, 0.1) is 0 Å². The van der Waals surface area contributed by atoms with E-state index in [1.807, 2.05) is 59.5 Å². The fourth-order valence-corrected chi connectivity index (χ4v) is 2.28. The summed E-state index contributed by atoms with van der Waals surface area (Å²) < 4.78 is 0.987. The number of carboxylic acid groups (broad SMARTS) is 1. The van der Waals surface area contributed by atoms with Crippen LogP contribution in [-0.2, 0) is 11.3 Å². The number of para-hydroxylation sites is 1. The monoisotopic (exact) mass is 319 g/mol. The molecule has 19 heavy (non-hydrogen) atoms. The number of anilines is 1. The lowest BCUT2D eigenvalue weighted by Gasteiger charge is -2.23. The summed E-state index contributed by atoms with van der Waals surface area (Å²) in [4.78, 5) is 12.8. The fourth-order valence-electron chi connectivity index (χ4n) is 1.87. The summed E-state index contributed by atoms with van der Waals surface area (Å²) in [5, 5.41) is 9.04. The Hall–Kier alpha value is -1.81. The molecule has 98 valence electrons. The van der Waals surface area contributed by atoms with Gasteiger partial charge in [-0.2, -0.15) is 0 Å². The third kappa shape index (κ3) is 3.83. The van der Waals surface area contributed by atoms with Gasteiger partial charge in [-0.1, -0.05) is 52.3 Å². The van der Waals surface area contributed by atoms with E-state index in [1.54, 1.807) is 0 Å². The van der Waals surface area contributed by atoms with E-state index < -0.39 is 5.97 Å². The van der Waals surface area contributed by atoms with E-state index in [0.717, 1.165) is 15.7 Å². The van der Waals surface area contributed by atoms with Crippen molar-refractivity contribution in [3.63, 3.8) is 0 Å². The Morgan fingerprint density at radius 1 is 1.05 bits per heavy atom. The van der Waals surface area contributed by atoms with Gasteiger partial charge in [0.1, 0.15) is 6.54 Å². The topological polar surface area (TPSA) is 40.5 Å². The molecule has 0 fully saturated rings. The Morgan fingerprint density at radius 2 is 1.68 bits per heavy atom. The lowest BCUT2D eigenvalue weighted by molar-refractivity contribution is -0.135. The molecule has 0 unspecified atom stereocenters. The molecule has 0 heterocycles. The minimum absolute atomic E-state index is 0.0225. The fraction of sp³-hybridized carbons (Fsp3) is 0.133. The molecule has 0 spiro atoms. The van der Waals surface area contributed by atoms with Gasteiger partial charge >= 0.3 is 5.97 Å². The highest BCUT2D eigenvalue weighted by molar-refractivity contribution is 9.10. The van der Waals surface area contributed by atoms with Crippen molar-refractivity contribution in [1.29, 1.82) is 0 Å². The molecule has 0 saturated carbocycles. The first-order chi connectivity index (χ1) is 9.16. The summed E-state index contributed by atoms with van der Waals surface area (Å²) in [6.07, 6.45) is 0. The summed E-state index contributed by atoms with van der Waals surface area (Å²) in [6.45, 7) is 0.531. The second-order valence-electron chi connectivity index (χ2n) is 4.18. The van der Waals surface area contributed by atoms with E-state index in [1.165, 1.54) is 0 Å². The van der Waals surface area contributed by atoms with Gasteiger partial charge in [-0.15, -0.1) is 0 Å². The molecule has 3 nitrogen and oxygen atoms in total. The molecule has 0 aromatic heterocycles. The Labute approximate surface area is 120 Å². The zero-order valence-corrected chi connectivity index (χ0v) is 11.9. The molecule has 0 aliphatic rings. The number of hydrogen-bond acceptors (Lipinski definition) is 2. The largest absolute Gasteiger partial charge is 0.480 e. The van der Waals surface area contributed by atoms with Crippen LogP contribution in [0.1, 0.15) is 5.56 Å². The number of halogens is 1. The lowest BCUT2D eigenvalue weighted by atomic mass is 10.2. The van der Waals surface area contributed by atoms with Crippen LogP contribution < -0.4 is 4.90 Å². The Kier molecular flexibility index (Phi) is 4.58. The molecule has 2 aromatic rings. The van der Waals surface area contributed by atoms with Crippen molar-refractivity contribution in [2.24, 2.45) is 0 Å². The van der Waals surface area contributed by atoms with Gasteiger partial charge in [0.05, 0.1) is 0 Å². The van der Waals surface area contributed by atoms with Crippen molar-refractivity contribution < 1.29 is 9.90 Å². The second-order valence-corrected chi connectivity index (χ2v) is 5.03. The molecule has 2 aromatic carbocycles. The standard InChI is InChI=1S/C15H14BrNO2/c16-14-9-5-4-6-12(14)10-17(11-15(18)19)13-7-2-1-3-8-13/h1-9H,10-11H2,(H,18,19). The third-order valence-electron chi connectivity index (χ3n) is 2.77. The number of carbonyl (C=O) groups is 1. The number of nitrogens with zero attached hydrogens (tertiary/aromatic N) is 1. The van der Waals surface area contributed by atoms with Crippen LogP contribution in [0.2, 0.25) is 0 Å². The molecule has 4 heteroatoms. The maximum absolute atomic E-state index is 11.0. The van der Waals surface area contributed by atoms with E-state index in [9.17, 15) is 4.79 Å². The minimum atomic E-state index is -0.837. The predicted octanol–water partition coefficient (Wildman–Crippen LogP) is 3.54. The summed E-state index contributed by atoms with van der Waals surface area (Å²) in [6, 6.07) is 17.4. The average molecular weight is 320 g/mol. The van der Waals surface area contributed by atoms with Crippen LogP contribution in [0.15, 0.2) is 59.1 Å². The number of rotatable bonds is 5. The number of benzene rings is 2. The first-order valence-electron chi connectivity index (χ1n) is 5.92. The highest BCUT2D eigenvalue weighted by atomic mass is 79.9. The molecule has 0 bridgehead atoms. The van der Waals surface area contributed by atoms with Crippen LogP contribution in [0.25, 0.3) is 0 Å². The number of aliphatic carboxylic acids is 1. The Morgan fingerprint density at radius 3 is 2.32 bits per heavy atom. The molecule has 1 N–H and O–H groups in total. The highest BCUT2D eigenvalue weighted by Crippen LogP contribution is 2.21. The van der Waals surface area contributed by atoms with Crippen LogP contribution in [0.5, 0.6) is 0 Å².